The largest absolute Gasteiger partial charge is 0.453 e. The maximum atomic E-state index is 14.5. The lowest BCUT2D eigenvalue weighted by molar-refractivity contribution is 0.175. The maximum Gasteiger partial charge on any atom is 0.414 e. The smallest absolute Gasteiger partial charge is 0.414 e. The fourth-order valence-corrected chi connectivity index (χ4v) is 4.34. The lowest BCUT2D eigenvalue weighted by atomic mass is 9.92. The summed E-state index contributed by atoms with van der Waals surface area (Å²) in [6.45, 7) is 3.63. The molecular weight excluding hydrogens is 430 g/mol. The van der Waals surface area contributed by atoms with E-state index >= 15 is 0 Å². The second-order valence-electron chi connectivity index (χ2n) is 8.34. The number of benzene rings is 2. The van der Waals surface area contributed by atoms with Gasteiger partial charge in [0.05, 0.1) is 25.0 Å². The van der Waals surface area contributed by atoms with E-state index in [1.165, 1.54) is 19.2 Å². The number of halogens is 2. The van der Waals surface area contributed by atoms with Crippen molar-refractivity contribution in [2.24, 2.45) is 0 Å². The molecule has 1 amide bonds. The summed E-state index contributed by atoms with van der Waals surface area (Å²) in [4.78, 5) is 14.1. The number of carbonyl (C=O) groups excluding carboxylic acids is 1. The van der Waals surface area contributed by atoms with Gasteiger partial charge in [-0.25, -0.2) is 9.18 Å². The second kappa shape index (κ2) is 8.47. The van der Waals surface area contributed by atoms with Crippen LogP contribution >= 0.6 is 0 Å². The number of hydrogen-bond donors (Lipinski definition) is 1. The molecule has 9 heteroatoms. The van der Waals surface area contributed by atoms with Crippen molar-refractivity contribution in [3.63, 3.8) is 0 Å². The van der Waals surface area contributed by atoms with Crippen molar-refractivity contribution in [3.05, 3.63) is 59.9 Å². The Morgan fingerprint density at radius 3 is 2.76 bits per heavy atom. The molecule has 33 heavy (non-hydrogen) atoms. The Morgan fingerprint density at radius 2 is 2.03 bits per heavy atom. The maximum absolute atomic E-state index is 14.5. The summed E-state index contributed by atoms with van der Waals surface area (Å²) < 4.78 is 41.4. The zero-order valence-electron chi connectivity index (χ0n) is 18.3. The van der Waals surface area contributed by atoms with E-state index in [0.717, 1.165) is 30.3 Å². The molecule has 0 bridgehead atoms. The van der Waals surface area contributed by atoms with Gasteiger partial charge in [0, 0.05) is 42.0 Å². The number of anilines is 1. The van der Waals surface area contributed by atoms with Crippen LogP contribution in [0.1, 0.15) is 24.9 Å². The van der Waals surface area contributed by atoms with Crippen molar-refractivity contribution in [1.29, 1.82) is 0 Å². The van der Waals surface area contributed by atoms with Crippen LogP contribution < -0.4 is 15.0 Å². The zero-order chi connectivity index (χ0) is 23.1. The SMILES string of the molecule is COC(=O)N1c2ccc(-c3cnn(C4CNC4)c3)c(Oc3cccc(F)c3F)c2CCC1C. The van der Waals surface area contributed by atoms with Gasteiger partial charge in [0.1, 0.15) is 5.75 Å². The molecule has 1 aromatic heterocycles. The Kier molecular flexibility index (Phi) is 5.49. The molecule has 5 rings (SSSR count). The average molecular weight is 454 g/mol. The predicted octanol–water partition coefficient (Wildman–Crippen LogP) is 4.67. The topological polar surface area (TPSA) is 68.6 Å². The van der Waals surface area contributed by atoms with Crippen LogP contribution in [0.4, 0.5) is 19.3 Å². The molecule has 1 fully saturated rings. The minimum atomic E-state index is -1.06. The van der Waals surface area contributed by atoms with Crippen molar-refractivity contribution in [2.75, 3.05) is 25.1 Å². The van der Waals surface area contributed by atoms with E-state index in [1.807, 2.05) is 29.9 Å². The minimum absolute atomic E-state index is 0.0802. The van der Waals surface area contributed by atoms with Crippen LogP contribution in [-0.4, -0.2) is 42.1 Å². The summed E-state index contributed by atoms with van der Waals surface area (Å²) in [6.07, 6.45) is 4.44. The molecule has 2 aromatic carbocycles. The lowest BCUT2D eigenvalue weighted by Crippen LogP contribution is -2.43. The van der Waals surface area contributed by atoms with Gasteiger partial charge in [-0.05, 0) is 44.0 Å². The molecule has 0 aliphatic carbocycles. The van der Waals surface area contributed by atoms with Crippen LogP contribution in [-0.2, 0) is 11.2 Å². The van der Waals surface area contributed by atoms with E-state index in [1.54, 1.807) is 11.1 Å². The highest BCUT2D eigenvalue weighted by Gasteiger charge is 2.33. The third kappa shape index (κ3) is 3.72. The van der Waals surface area contributed by atoms with Crippen LogP contribution in [0, 0.1) is 11.6 Å². The Bertz CT molecular complexity index is 1210. The van der Waals surface area contributed by atoms with E-state index < -0.39 is 17.7 Å². The van der Waals surface area contributed by atoms with Gasteiger partial charge in [0.2, 0.25) is 5.82 Å². The first-order valence-corrected chi connectivity index (χ1v) is 10.9. The molecular formula is C24H24F2N4O3. The molecule has 172 valence electrons. The number of ether oxygens (including phenoxy) is 2. The summed E-state index contributed by atoms with van der Waals surface area (Å²) in [6, 6.07) is 7.68. The number of aromatic nitrogens is 2. The quantitative estimate of drug-likeness (QED) is 0.621. The molecule has 7 nitrogen and oxygen atoms in total. The normalized spacial score (nSPS) is 17.9. The first kappa shape index (κ1) is 21.4. The van der Waals surface area contributed by atoms with E-state index in [2.05, 4.69) is 10.4 Å². The van der Waals surface area contributed by atoms with E-state index in [9.17, 15) is 13.6 Å². The molecule has 0 spiro atoms. The molecule has 3 heterocycles. The van der Waals surface area contributed by atoms with Gasteiger partial charge in [-0.2, -0.15) is 9.49 Å². The number of rotatable bonds is 4. The monoisotopic (exact) mass is 454 g/mol. The number of amides is 1. The number of methoxy groups -OCH3 is 1. The number of hydrogen-bond acceptors (Lipinski definition) is 5. The van der Waals surface area contributed by atoms with Crippen molar-refractivity contribution < 1.29 is 23.0 Å². The van der Waals surface area contributed by atoms with Gasteiger partial charge in [-0.3, -0.25) is 9.58 Å². The Balaban J connectivity index is 1.65. The van der Waals surface area contributed by atoms with Gasteiger partial charge in [-0.1, -0.05) is 6.07 Å². The van der Waals surface area contributed by atoms with Crippen LogP contribution in [0.15, 0.2) is 42.7 Å². The molecule has 3 aromatic rings. The van der Waals surface area contributed by atoms with Crippen LogP contribution in [0.25, 0.3) is 11.1 Å². The summed E-state index contributed by atoms with van der Waals surface area (Å²) in [5.74, 6) is -1.90. The highest BCUT2D eigenvalue weighted by molar-refractivity contribution is 5.92. The average Bonchev–Trinajstić information content (AvgIpc) is 3.24. The number of carbonyl (C=O) groups is 1. The highest BCUT2D eigenvalue weighted by Crippen LogP contribution is 2.45. The summed E-state index contributed by atoms with van der Waals surface area (Å²) in [5, 5.41) is 7.70. The van der Waals surface area contributed by atoms with Gasteiger partial charge in [-0.15, -0.1) is 0 Å². The van der Waals surface area contributed by atoms with Crippen molar-refractivity contribution in [2.45, 2.75) is 31.8 Å². The third-order valence-corrected chi connectivity index (χ3v) is 6.29. The zero-order valence-corrected chi connectivity index (χ0v) is 18.3. The summed E-state index contributed by atoms with van der Waals surface area (Å²) in [7, 11) is 1.33. The third-order valence-electron chi connectivity index (χ3n) is 6.29. The van der Waals surface area contributed by atoms with Gasteiger partial charge < -0.3 is 14.8 Å². The van der Waals surface area contributed by atoms with E-state index in [4.69, 9.17) is 9.47 Å². The minimum Gasteiger partial charge on any atom is -0.453 e. The predicted molar refractivity (Wildman–Crippen MR) is 119 cm³/mol. The fourth-order valence-electron chi connectivity index (χ4n) is 4.34. The van der Waals surface area contributed by atoms with Crippen LogP contribution in [0.3, 0.4) is 0 Å². The number of nitrogens with one attached hydrogen (secondary N) is 1. The molecule has 2 aliphatic heterocycles. The Morgan fingerprint density at radius 1 is 1.21 bits per heavy atom. The van der Waals surface area contributed by atoms with Crippen molar-refractivity contribution in [3.8, 4) is 22.6 Å². The summed E-state index contributed by atoms with van der Waals surface area (Å²) in [5.41, 5.74) is 2.85. The molecule has 1 atom stereocenters. The van der Waals surface area contributed by atoms with Crippen LogP contribution in [0.5, 0.6) is 11.5 Å². The first-order valence-electron chi connectivity index (χ1n) is 10.9. The van der Waals surface area contributed by atoms with Crippen molar-refractivity contribution in [1.82, 2.24) is 15.1 Å². The van der Waals surface area contributed by atoms with Crippen molar-refractivity contribution >= 4 is 11.8 Å². The molecule has 0 saturated carbocycles. The molecule has 2 aliphatic rings. The molecule has 1 N–H and O–H groups in total. The van der Waals surface area contributed by atoms with E-state index in [-0.39, 0.29) is 17.8 Å². The Hall–Kier alpha value is -3.46. The molecule has 1 saturated heterocycles. The number of nitrogens with zero attached hydrogens (tertiary/aromatic N) is 3. The number of fused-ring (bicyclic) bond motifs is 1. The lowest BCUT2D eigenvalue weighted by Gasteiger charge is -2.35. The second-order valence-corrected chi connectivity index (χ2v) is 8.34. The Labute approximate surface area is 189 Å². The van der Waals surface area contributed by atoms with E-state index in [0.29, 0.717) is 29.8 Å². The van der Waals surface area contributed by atoms with Gasteiger partial charge in [0.25, 0.3) is 0 Å². The standard InChI is InChI=1S/C24H24F2N4O3/c1-14-6-7-18-20(30(14)24(31)32-2)9-8-17(15-10-28-29(13-15)16-11-27-12-16)23(18)33-21-5-3-4-19(25)22(21)26/h3-5,8-10,13-14,16,27H,6-7,11-12H2,1-2H3. The molecule has 0 radical (unpaired) electrons. The van der Waals surface area contributed by atoms with Crippen LogP contribution in [0.2, 0.25) is 0 Å². The first-order chi connectivity index (χ1) is 16.0. The summed E-state index contributed by atoms with van der Waals surface area (Å²) >= 11 is 0. The fraction of sp³-hybridized carbons (Fsp3) is 0.333. The van der Waals surface area contributed by atoms with Gasteiger partial charge in [0.15, 0.2) is 11.6 Å². The highest BCUT2D eigenvalue weighted by atomic mass is 19.2. The van der Waals surface area contributed by atoms with Gasteiger partial charge >= 0.3 is 6.09 Å². The molecule has 1 unspecified atom stereocenters.